The number of nitrogens with one attached hydrogen (secondary N) is 4. The van der Waals surface area contributed by atoms with E-state index in [0.29, 0.717) is 51.9 Å². The van der Waals surface area contributed by atoms with Crippen LogP contribution < -0.4 is 50.3 Å². The van der Waals surface area contributed by atoms with Crippen molar-refractivity contribution in [1.29, 1.82) is 5.26 Å². The van der Waals surface area contributed by atoms with Crippen LogP contribution in [-0.4, -0.2) is 84.9 Å². The topological polar surface area (TPSA) is 240 Å². The summed E-state index contributed by atoms with van der Waals surface area (Å²) in [6.45, 7) is 0. The maximum Gasteiger partial charge on any atom is 0.573 e. The number of terminal acetylenes is 4. The van der Waals surface area contributed by atoms with Gasteiger partial charge in [0.1, 0.15) is 35.7 Å². The number of benzene rings is 8. The van der Waals surface area contributed by atoms with Crippen molar-refractivity contribution in [3.05, 3.63) is 249 Å². The quantitative estimate of drug-likeness (QED) is 0.0367. The fraction of sp³-hybridized carbons (Fsp3) is 0.343. The molecule has 0 heterocycles. The van der Waals surface area contributed by atoms with Crippen molar-refractivity contribution in [3.8, 4) is 66.9 Å². The predicted octanol–water partition coefficient (Wildman–Crippen LogP) is 20.9. The molecule has 19 nitrogen and oxygen atoms in total. The minimum absolute atomic E-state index is 0.0267. The SMILES string of the molecule is C#CC(=O)N(c1cccc(C(F)(F)F)c1)C(C(=O)NC1CCCCC1)c1ccc(C#N)cc1.C#CC(=O)N(c1cccc(C(F)(F)F)c1)C(C(=O)NC1CCCCC1)c1ccc(OC(F)(F)F)cc1.C#CC(=O)N(c1cccc(C(F)(F)F)c1)C(C(=O)NC1CCCCC1)c1ccc(OC)cc1.C#CC(=O)N(c1cccc(C(F)(F)F)c1)C(C(=O)NC1CCCCC1)c1cccc(Cl)c1. The number of halogens is 16. The predicted molar refractivity (Wildman–Crippen MR) is 471 cm³/mol. The molecule has 0 bridgehead atoms. The maximum absolute atomic E-state index is 13.5. The van der Waals surface area contributed by atoms with Crippen LogP contribution in [0.15, 0.2) is 194 Å². The number of hydrogen-bond acceptors (Lipinski definition) is 11. The van der Waals surface area contributed by atoms with Crippen LogP contribution in [0, 0.1) is 60.7 Å². The third-order valence-corrected chi connectivity index (χ3v) is 22.6. The van der Waals surface area contributed by atoms with Crippen LogP contribution in [-0.2, 0) is 63.1 Å². The highest BCUT2D eigenvalue weighted by Gasteiger charge is 2.43. The standard InChI is InChI=1S/C25H22F6N2O3.C25H22F3N3O2.C25H25F3N2O3.C24H22ClF3N2O2/c1-2-21(34)33(19-10-6-7-17(15-19)24(26,27)28)22(23(35)32-18-8-4-3-5-9-18)16-11-13-20(14-12-16)36-25(29,30)31;1-2-22(32)31(21-10-6-7-19(15-21)25(26,27)28)23(18-13-11-17(16-29)12-14-18)24(33)30-20-8-4-3-5-9-20;1-3-22(31)30(20-11-7-8-18(16-20)25(26,27)28)23(17-12-14-21(33-2)15-13-17)24(32)29-19-9-5-4-6-10-19;1-2-21(31)30(20-13-7-9-17(15-20)24(26,27)28)22(16-8-6-10-18(25)14-16)23(32)29-19-11-4-3-5-12-19/h1,6-7,10-15,18,22H,3-5,8-9H2,(H,32,35);1,6-7,10-15,20,23H,3-5,8-9H2,(H,30,33);1,7-8,11-16,19,23H,4-6,9-10H2,2H3,(H,29,32);1,6-10,13-15,19,22H,3-5,11-12H2,(H,29,32). The normalized spacial score (nSPS) is 15.3. The molecule has 0 aromatic heterocycles. The summed E-state index contributed by atoms with van der Waals surface area (Å²) in [6, 6.07) is 35.1. The van der Waals surface area contributed by atoms with Crippen LogP contribution in [0.25, 0.3) is 0 Å². The molecule has 0 radical (unpaired) electrons. The summed E-state index contributed by atoms with van der Waals surface area (Å²) in [6.07, 6.45) is 15.5. The molecule has 4 aliphatic rings. The molecule has 8 aromatic carbocycles. The summed E-state index contributed by atoms with van der Waals surface area (Å²) in [4.78, 5) is 108. The first-order chi connectivity index (χ1) is 63.6. The monoisotopic (exact) mass is 1890 g/mol. The van der Waals surface area contributed by atoms with Crippen molar-refractivity contribution in [2.75, 3.05) is 26.7 Å². The number of nitriles is 1. The Morgan fingerprint density at radius 2 is 0.590 bits per heavy atom. The van der Waals surface area contributed by atoms with E-state index in [9.17, 15) is 104 Å². The number of nitrogens with zero attached hydrogens (tertiary/aromatic N) is 5. The van der Waals surface area contributed by atoms with Gasteiger partial charge in [-0.15, -0.1) is 38.9 Å². The van der Waals surface area contributed by atoms with Crippen molar-refractivity contribution in [2.45, 2.75) is 208 Å². The zero-order chi connectivity index (χ0) is 97.8. The van der Waals surface area contributed by atoms with E-state index in [2.05, 4.69) is 26.0 Å². The minimum atomic E-state index is -4.96. The molecular formula is C99H91ClF15N9O10. The van der Waals surface area contributed by atoms with Crippen LogP contribution in [0.1, 0.15) is 203 Å². The lowest BCUT2D eigenvalue weighted by Gasteiger charge is -2.32. The van der Waals surface area contributed by atoms with Gasteiger partial charge in [-0.2, -0.15) is 57.9 Å². The second kappa shape index (κ2) is 47.4. The van der Waals surface area contributed by atoms with Crippen molar-refractivity contribution >= 4 is 81.6 Å². The van der Waals surface area contributed by atoms with Gasteiger partial charge in [-0.25, -0.2) is 0 Å². The molecule has 4 unspecified atom stereocenters. The van der Waals surface area contributed by atoms with Crippen molar-refractivity contribution < 1.29 is 114 Å². The average molecular weight is 1890 g/mol. The Morgan fingerprint density at radius 1 is 0.343 bits per heavy atom. The van der Waals surface area contributed by atoms with Crippen LogP contribution in [0.4, 0.5) is 88.6 Å². The van der Waals surface area contributed by atoms with Gasteiger partial charge in [-0.1, -0.05) is 161 Å². The third kappa shape index (κ3) is 29.3. The number of alkyl halides is 15. The molecule has 0 saturated heterocycles. The molecule has 134 heavy (non-hydrogen) atoms. The highest BCUT2D eigenvalue weighted by Crippen LogP contribution is 2.42. The Balaban J connectivity index is 0.000000201. The van der Waals surface area contributed by atoms with E-state index < -0.39 is 130 Å². The highest BCUT2D eigenvalue weighted by molar-refractivity contribution is 6.30. The van der Waals surface area contributed by atoms with Gasteiger partial charge in [0.05, 0.1) is 41.0 Å². The highest BCUT2D eigenvalue weighted by atomic mass is 35.5. The Bertz CT molecular complexity index is 5640. The molecule has 8 amide bonds. The first-order valence-corrected chi connectivity index (χ1v) is 42.8. The Hall–Kier alpha value is -13.9. The van der Waals surface area contributed by atoms with Gasteiger partial charge in [-0.05, 0) is 219 Å². The molecule has 0 spiro atoms. The molecule has 8 aromatic rings. The number of hydrogen-bond donors (Lipinski definition) is 4. The Morgan fingerprint density at radius 3 is 0.821 bits per heavy atom. The van der Waals surface area contributed by atoms with Crippen molar-refractivity contribution in [1.82, 2.24) is 21.3 Å². The Labute approximate surface area is 768 Å². The summed E-state index contributed by atoms with van der Waals surface area (Å²) >= 11 is 6.11. The maximum atomic E-state index is 13.5. The van der Waals surface area contributed by atoms with E-state index in [1.54, 1.807) is 42.5 Å². The second-order valence-corrected chi connectivity index (χ2v) is 32.1. The number of rotatable bonds is 22. The fourth-order valence-corrected chi connectivity index (χ4v) is 16.2. The van der Waals surface area contributed by atoms with E-state index in [4.69, 9.17) is 47.3 Å². The van der Waals surface area contributed by atoms with Gasteiger partial charge < -0.3 is 30.7 Å². The first kappa shape index (κ1) is 104. The lowest BCUT2D eigenvalue weighted by atomic mass is 9.94. The summed E-state index contributed by atoms with van der Waals surface area (Å²) in [5, 5.41) is 21.1. The number of anilines is 4. The summed E-state index contributed by atoms with van der Waals surface area (Å²) < 4.78 is 207. The van der Waals surface area contributed by atoms with Gasteiger partial charge >= 0.3 is 54.7 Å². The van der Waals surface area contributed by atoms with E-state index in [1.807, 2.05) is 29.8 Å². The molecule has 4 fully saturated rings. The molecule has 35 heteroatoms. The zero-order valence-electron chi connectivity index (χ0n) is 71.9. The lowest BCUT2D eigenvalue weighted by Crippen LogP contribution is -2.47. The number of ether oxygens (including phenoxy) is 2. The van der Waals surface area contributed by atoms with E-state index >= 15 is 0 Å². The molecular weight excluding hydrogens is 1800 g/mol. The summed E-state index contributed by atoms with van der Waals surface area (Å²) in [7, 11) is 1.49. The molecule has 4 aliphatic carbocycles. The molecule has 4 N–H and O–H groups in total. The second-order valence-electron chi connectivity index (χ2n) is 31.6. The summed E-state index contributed by atoms with van der Waals surface area (Å²) in [5.41, 5.74) is -3.24. The molecule has 12 rings (SSSR count). The lowest BCUT2D eigenvalue weighted by molar-refractivity contribution is -0.274. The van der Waals surface area contributed by atoms with E-state index in [0.717, 1.165) is 214 Å². The largest absolute Gasteiger partial charge is 0.573 e. The van der Waals surface area contributed by atoms with Crippen molar-refractivity contribution in [2.24, 2.45) is 0 Å². The minimum Gasteiger partial charge on any atom is -0.497 e. The van der Waals surface area contributed by atoms with Gasteiger partial charge in [0, 0.05) is 51.9 Å². The number of amides is 8. The number of methoxy groups -OCH3 is 1. The van der Waals surface area contributed by atoms with E-state index in [-0.39, 0.29) is 52.5 Å². The third-order valence-electron chi connectivity index (χ3n) is 22.4. The van der Waals surface area contributed by atoms with Crippen molar-refractivity contribution in [3.63, 3.8) is 0 Å². The number of carbonyl (C=O) groups excluding carboxylic acids is 8. The van der Waals surface area contributed by atoms with E-state index in [1.165, 1.54) is 73.8 Å². The van der Waals surface area contributed by atoms with Gasteiger partial charge in [0.15, 0.2) is 0 Å². The first-order valence-electron chi connectivity index (χ1n) is 42.4. The average Bonchev–Trinajstić information content (AvgIpc) is 0.795. The van der Waals surface area contributed by atoms with Crippen LogP contribution >= 0.6 is 11.6 Å². The number of carbonyl (C=O) groups is 8. The zero-order valence-corrected chi connectivity index (χ0v) is 72.7. The van der Waals surface area contributed by atoms with Crippen LogP contribution in [0.5, 0.6) is 11.5 Å². The fourth-order valence-electron chi connectivity index (χ4n) is 16.0. The molecule has 0 aliphatic heterocycles. The van der Waals surface area contributed by atoms with Crippen LogP contribution in [0.2, 0.25) is 5.02 Å². The molecule has 4 saturated carbocycles. The van der Waals surface area contributed by atoms with Gasteiger partial charge in [-0.3, -0.25) is 58.0 Å². The summed E-state index contributed by atoms with van der Waals surface area (Å²) in [5.74, 6) is 1.36. The van der Waals surface area contributed by atoms with Gasteiger partial charge in [0.25, 0.3) is 0 Å². The molecule has 4 atom stereocenters. The Kier molecular flexibility index (Phi) is 36.8. The smallest absolute Gasteiger partial charge is 0.497 e. The molecule has 704 valence electrons. The van der Waals surface area contributed by atoms with Gasteiger partial charge in [0.2, 0.25) is 23.6 Å². The van der Waals surface area contributed by atoms with Crippen LogP contribution in [0.3, 0.4) is 0 Å².